The Morgan fingerprint density at radius 1 is 1.18 bits per heavy atom. The number of aromatic nitrogens is 5. The number of rotatable bonds is 3. The lowest BCUT2D eigenvalue weighted by molar-refractivity contribution is -0.0446. The van der Waals surface area contributed by atoms with Crippen molar-refractivity contribution >= 4 is 34.0 Å². The smallest absolute Gasteiger partial charge is 0.262 e. The van der Waals surface area contributed by atoms with Crippen molar-refractivity contribution in [1.82, 2.24) is 24.7 Å². The van der Waals surface area contributed by atoms with Crippen molar-refractivity contribution in [2.24, 2.45) is 0 Å². The van der Waals surface area contributed by atoms with Gasteiger partial charge in [-0.1, -0.05) is 11.6 Å². The number of H-pyrrole nitrogens is 1. The zero-order chi connectivity index (χ0) is 19.5. The Morgan fingerprint density at radius 2 is 1.93 bits per heavy atom. The van der Waals surface area contributed by atoms with Gasteiger partial charge >= 0.3 is 0 Å². The monoisotopic (exact) mass is 425 g/mol. The highest BCUT2D eigenvalue weighted by molar-refractivity contribution is 7.13. The minimum Gasteiger partial charge on any atom is -0.310 e. The lowest BCUT2D eigenvalue weighted by Gasteiger charge is -2.34. The Labute approximate surface area is 168 Å². The van der Waals surface area contributed by atoms with Gasteiger partial charge in [0.2, 0.25) is 5.92 Å². The van der Waals surface area contributed by atoms with Gasteiger partial charge in [0, 0.05) is 30.1 Å². The second kappa shape index (κ2) is 6.59. The first kappa shape index (κ1) is 18.2. The van der Waals surface area contributed by atoms with E-state index in [0.29, 0.717) is 34.2 Å². The van der Waals surface area contributed by atoms with E-state index in [9.17, 15) is 13.6 Å². The van der Waals surface area contributed by atoms with Gasteiger partial charge in [0.05, 0.1) is 17.9 Å². The minimum absolute atomic E-state index is 0.0642. The molecular formula is C18H18ClF2N5OS. The molecule has 0 saturated heterocycles. The third-order valence-electron chi connectivity index (χ3n) is 6.01. The number of nitrogens with zero attached hydrogens (tertiary/aromatic N) is 4. The van der Waals surface area contributed by atoms with E-state index >= 15 is 0 Å². The van der Waals surface area contributed by atoms with Crippen LogP contribution in [0.15, 0.2) is 16.4 Å². The Balaban J connectivity index is 1.49. The lowest BCUT2D eigenvalue weighted by atomic mass is 9.71. The summed E-state index contributed by atoms with van der Waals surface area (Å²) in [6.07, 6.45) is 3.68. The average Bonchev–Trinajstić information content (AvgIpc) is 3.21. The third-order valence-corrected chi connectivity index (χ3v) is 7.01. The largest absolute Gasteiger partial charge is 0.310 e. The molecule has 2 saturated carbocycles. The number of hydrogen-bond donors (Lipinski definition) is 1. The molecule has 3 aromatic heterocycles. The van der Waals surface area contributed by atoms with Crippen LogP contribution in [0, 0.1) is 0 Å². The predicted octanol–water partition coefficient (Wildman–Crippen LogP) is 4.64. The Hall–Kier alpha value is -1.87. The summed E-state index contributed by atoms with van der Waals surface area (Å²) in [5.74, 6) is -1.76. The average molecular weight is 426 g/mol. The number of aromatic amines is 1. The van der Waals surface area contributed by atoms with Crippen LogP contribution in [-0.2, 0) is 0 Å². The van der Waals surface area contributed by atoms with Crippen LogP contribution in [0.5, 0.6) is 0 Å². The molecule has 0 spiro atoms. The third kappa shape index (κ3) is 3.04. The molecule has 3 aromatic rings. The number of thiazole rings is 1. The van der Waals surface area contributed by atoms with Gasteiger partial charge in [-0.05, 0) is 25.7 Å². The van der Waals surface area contributed by atoms with Crippen LogP contribution in [0.25, 0.3) is 11.0 Å². The first-order valence-electron chi connectivity index (χ1n) is 9.37. The van der Waals surface area contributed by atoms with Crippen LogP contribution in [-0.4, -0.2) is 30.7 Å². The fraction of sp³-hybridized carbons (Fsp3) is 0.556. The highest BCUT2D eigenvalue weighted by atomic mass is 35.5. The Morgan fingerprint density at radius 3 is 2.57 bits per heavy atom. The first-order valence-corrected chi connectivity index (χ1v) is 10.6. The van der Waals surface area contributed by atoms with Crippen LogP contribution in [0.1, 0.15) is 67.9 Å². The maximum absolute atomic E-state index is 13.5. The normalized spacial score (nSPS) is 25.1. The molecule has 1 unspecified atom stereocenters. The number of halogens is 3. The molecule has 0 amide bonds. The van der Waals surface area contributed by atoms with Crippen molar-refractivity contribution in [3.63, 3.8) is 0 Å². The predicted molar refractivity (Wildman–Crippen MR) is 102 cm³/mol. The number of alkyl halides is 2. The van der Waals surface area contributed by atoms with Gasteiger partial charge in [0.15, 0.2) is 10.1 Å². The molecule has 0 aliphatic heterocycles. The van der Waals surface area contributed by atoms with Crippen molar-refractivity contribution < 1.29 is 8.78 Å². The van der Waals surface area contributed by atoms with Gasteiger partial charge in [-0.2, -0.15) is 5.10 Å². The molecule has 2 aliphatic carbocycles. The van der Waals surface area contributed by atoms with Crippen molar-refractivity contribution in [3.8, 4) is 0 Å². The van der Waals surface area contributed by atoms with Crippen molar-refractivity contribution in [2.45, 2.75) is 62.3 Å². The van der Waals surface area contributed by atoms with Crippen LogP contribution in [0.2, 0.25) is 4.47 Å². The molecule has 28 heavy (non-hydrogen) atoms. The molecule has 5 rings (SSSR count). The van der Waals surface area contributed by atoms with Crippen molar-refractivity contribution in [3.05, 3.63) is 37.9 Å². The SMILES string of the molecule is O=c1[nH]c([C@H]2CCC2c2csc(Cl)n2)nc2c1cnn2C1CCC(F)(F)CC1. The standard InChI is InChI=1S/C18H18ClF2N5OS/c19-17-23-13(8-28-17)10-1-2-11(10)14-24-15-12(16(27)25-14)7-22-26(15)9-3-5-18(20,21)6-4-9/h7-11H,1-6H2,(H,24,25,27)/t10?,11-/m0/s1. The van der Waals surface area contributed by atoms with Gasteiger partial charge < -0.3 is 4.98 Å². The Kier molecular flexibility index (Phi) is 4.28. The molecule has 6 nitrogen and oxygen atoms in total. The molecule has 0 aromatic carbocycles. The fourth-order valence-electron chi connectivity index (χ4n) is 4.28. The Bertz CT molecular complexity index is 1080. The van der Waals surface area contributed by atoms with E-state index < -0.39 is 5.92 Å². The molecule has 148 valence electrons. The molecule has 1 N–H and O–H groups in total. The van der Waals surface area contributed by atoms with E-state index in [0.717, 1.165) is 18.5 Å². The quantitative estimate of drug-likeness (QED) is 0.663. The molecule has 2 aliphatic rings. The number of nitrogens with one attached hydrogen (secondary N) is 1. The first-order chi connectivity index (χ1) is 13.4. The maximum Gasteiger partial charge on any atom is 0.262 e. The van der Waals surface area contributed by atoms with Crippen molar-refractivity contribution in [2.75, 3.05) is 0 Å². The van der Waals surface area contributed by atoms with Gasteiger partial charge in [-0.3, -0.25) is 4.79 Å². The summed E-state index contributed by atoms with van der Waals surface area (Å²) in [6, 6.07) is -0.159. The second-order valence-corrected chi connectivity index (χ2v) is 9.12. The minimum atomic E-state index is -2.61. The molecule has 3 heterocycles. The van der Waals surface area contributed by atoms with Gasteiger partial charge in [-0.25, -0.2) is 23.4 Å². The highest BCUT2D eigenvalue weighted by Gasteiger charge is 2.38. The highest BCUT2D eigenvalue weighted by Crippen LogP contribution is 2.48. The van der Waals surface area contributed by atoms with E-state index in [-0.39, 0.29) is 36.3 Å². The van der Waals surface area contributed by atoms with Crippen LogP contribution >= 0.6 is 22.9 Å². The molecule has 0 bridgehead atoms. The summed E-state index contributed by atoms with van der Waals surface area (Å²) in [5.41, 5.74) is 1.17. The second-order valence-electron chi connectivity index (χ2n) is 7.68. The topological polar surface area (TPSA) is 76.5 Å². The van der Waals surface area contributed by atoms with E-state index in [1.54, 1.807) is 4.68 Å². The van der Waals surface area contributed by atoms with Gasteiger partial charge in [0.1, 0.15) is 11.2 Å². The number of hydrogen-bond acceptors (Lipinski definition) is 5. The molecule has 10 heteroatoms. The summed E-state index contributed by atoms with van der Waals surface area (Å²) in [6.45, 7) is 0. The molecule has 2 fully saturated rings. The van der Waals surface area contributed by atoms with E-state index in [1.165, 1.54) is 17.5 Å². The van der Waals surface area contributed by atoms with Crippen molar-refractivity contribution in [1.29, 1.82) is 0 Å². The van der Waals surface area contributed by atoms with E-state index in [4.69, 9.17) is 16.6 Å². The maximum atomic E-state index is 13.5. The number of fused-ring (bicyclic) bond motifs is 1. The van der Waals surface area contributed by atoms with Crippen LogP contribution in [0.4, 0.5) is 8.78 Å². The summed E-state index contributed by atoms with van der Waals surface area (Å²) in [4.78, 5) is 24.6. The zero-order valence-electron chi connectivity index (χ0n) is 14.9. The van der Waals surface area contributed by atoms with E-state index in [2.05, 4.69) is 15.1 Å². The molecule has 0 radical (unpaired) electrons. The summed E-state index contributed by atoms with van der Waals surface area (Å²) in [7, 11) is 0. The van der Waals surface area contributed by atoms with Gasteiger partial charge in [0.25, 0.3) is 5.56 Å². The molecular weight excluding hydrogens is 408 g/mol. The van der Waals surface area contributed by atoms with E-state index in [1.807, 2.05) is 5.38 Å². The summed E-state index contributed by atoms with van der Waals surface area (Å²) in [5, 5.41) is 6.66. The lowest BCUT2D eigenvalue weighted by Crippen LogP contribution is -2.28. The van der Waals surface area contributed by atoms with Crippen LogP contribution in [0.3, 0.4) is 0 Å². The summed E-state index contributed by atoms with van der Waals surface area (Å²) < 4.78 is 29.2. The van der Waals surface area contributed by atoms with Crippen LogP contribution < -0.4 is 5.56 Å². The fourth-order valence-corrected chi connectivity index (χ4v) is 5.12. The summed E-state index contributed by atoms with van der Waals surface area (Å²) >= 11 is 7.36. The molecule has 2 atom stereocenters. The zero-order valence-corrected chi connectivity index (χ0v) is 16.4. The van der Waals surface area contributed by atoms with Gasteiger partial charge in [-0.15, -0.1) is 11.3 Å².